The van der Waals surface area contributed by atoms with Crippen molar-refractivity contribution in [2.75, 3.05) is 19.9 Å². The molecule has 2 aliphatic heterocycles. The number of para-hydroxylation sites is 1. The molecule has 0 aliphatic carbocycles. The van der Waals surface area contributed by atoms with Crippen LogP contribution in [-0.4, -0.2) is 53.1 Å². The van der Waals surface area contributed by atoms with E-state index in [0.29, 0.717) is 37.3 Å². The molecule has 1 fully saturated rings. The standard InChI is InChI=1S/C15H19NO5/c17-8-11-6-12(18)7-16(11)14(19)5-4-10-2-1-3-13-15(10)21-9-20-13/h1-3,11-12,17-18H,4-9H2/t11-,12-/m0/s1. The van der Waals surface area contributed by atoms with Crippen LogP contribution in [0.5, 0.6) is 11.5 Å². The zero-order valence-corrected chi connectivity index (χ0v) is 11.7. The fourth-order valence-electron chi connectivity index (χ4n) is 2.94. The third-order valence-corrected chi connectivity index (χ3v) is 4.01. The number of aliphatic hydroxyl groups is 2. The molecule has 114 valence electrons. The topological polar surface area (TPSA) is 79.2 Å². The molecule has 1 saturated heterocycles. The Morgan fingerprint density at radius 2 is 2.24 bits per heavy atom. The Labute approximate surface area is 122 Å². The van der Waals surface area contributed by atoms with Crippen molar-refractivity contribution in [1.29, 1.82) is 0 Å². The Balaban J connectivity index is 1.63. The van der Waals surface area contributed by atoms with Gasteiger partial charge >= 0.3 is 0 Å². The molecule has 2 atom stereocenters. The smallest absolute Gasteiger partial charge is 0.231 e. The molecular weight excluding hydrogens is 274 g/mol. The Morgan fingerprint density at radius 1 is 1.38 bits per heavy atom. The molecule has 6 nitrogen and oxygen atoms in total. The summed E-state index contributed by atoms with van der Waals surface area (Å²) in [5.74, 6) is 1.37. The Hall–Kier alpha value is -1.79. The molecule has 0 unspecified atom stereocenters. The van der Waals surface area contributed by atoms with Crippen LogP contribution < -0.4 is 9.47 Å². The predicted molar refractivity (Wildman–Crippen MR) is 74.1 cm³/mol. The molecule has 0 bridgehead atoms. The average Bonchev–Trinajstić information content (AvgIpc) is 3.10. The predicted octanol–water partition coefficient (Wildman–Crippen LogP) is 0.302. The maximum absolute atomic E-state index is 12.3. The monoisotopic (exact) mass is 293 g/mol. The van der Waals surface area contributed by atoms with E-state index in [9.17, 15) is 15.0 Å². The van der Waals surface area contributed by atoms with Crippen molar-refractivity contribution in [1.82, 2.24) is 4.90 Å². The van der Waals surface area contributed by atoms with E-state index in [1.54, 1.807) is 4.90 Å². The zero-order valence-electron chi connectivity index (χ0n) is 11.7. The minimum atomic E-state index is -0.538. The number of β-amino-alcohol motifs (C(OH)–C–C–N with tert-alkyl or cyclic N) is 1. The molecule has 1 amide bonds. The van der Waals surface area contributed by atoms with Crippen LogP contribution in [-0.2, 0) is 11.2 Å². The van der Waals surface area contributed by atoms with Crippen LogP contribution in [0.1, 0.15) is 18.4 Å². The van der Waals surface area contributed by atoms with Gasteiger partial charge in [0, 0.05) is 13.0 Å². The molecule has 6 heteroatoms. The van der Waals surface area contributed by atoms with E-state index in [0.717, 1.165) is 5.56 Å². The van der Waals surface area contributed by atoms with Gasteiger partial charge in [-0.15, -0.1) is 0 Å². The second kappa shape index (κ2) is 5.91. The van der Waals surface area contributed by atoms with Crippen molar-refractivity contribution in [3.63, 3.8) is 0 Å². The van der Waals surface area contributed by atoms with E-state index >= 15 is 0 Å². The summed E-state index contributed by atoms with van der Waals surface area (Å²) in [6.45, 7) is 0.405. The summed E-state index contributed by atoms with van der Waals surface area (Å²) in [5.41, 5.74) is 0.943. The van der Waals surface area contributed by atoms with E-state index in [4.69, 9.17) is 9.47 Å². The van der Waals surface area contributed by atoms with E-state index < -0.39 is 6.10 Å². The lowest BCUT2D eigenvalue weighted by molar-refractivity contribution is -0.133. The highest BCUT2D eigenvalue weighted by Gasteiger charge is 2.33. The van der Waals surface area contributed by atoms with Gasteiger partial charge in [0.05, 0.1) is 18.8 Å². The summed E-state index contributed by atoms with van der Waals surface area (Å²) in [6.07, 6.45) is 0.780. The van der Waals surface area contributed by atoms with Crippen LogP contribution in [0.2, 0.25) is 0 Å². The molecule has 2 N–H and O–H groups in total. The van der Waals surface area contributed by atoms with E-state index in [1.807, 2.05) is 18.2 Å². The van der Waals surface area contributed by atoms with Crippen LogP contribution in [0.25, 0.3) is 0 Å². The maximum Gasteiger partial charge on any atom is 0.231 e. The normalized spacial score (nSPS) is 23.6. The molecule has 0 radical (unpaired) electrons. The van der Waals surface area contributed by atoms with Crippen molar-refractivity contribution in [2.24, 2.45) is 0 Å². The highest BCUT2D eigenvalue weighted by atomic mass is 16.7. The number of nitrogens with zero attached hydrogens (tertiary/aromatic N) is 1. The molecule has 2 heterocycles. The van der Waals surface area contributed by atoms with Crippen molar-refractivity contribution in [3.8, 4) is 11.5 Å². The molecule has 2 aliphatic rings. The van der Waals surface area contributed by atoms with Crippen molar-refractivity contribution >= 4 is 5.91 Å². The molecule has 0 aromatic heterocycles. The van der Waals surface area contributed by atoms with Gasteiger partial charge in [-0.25, -0.2) is 0 Å². The molecule has 0 spiro atoms. The second-order valence-corrected chi connectivity index (χ2v) is 5.42. The largest absolute Gasteiger partial charge is 0.454 e. The number of carbonyl (C=O) groups is 1. The summed E-state index contributed by atoms with van der Waals surface area (Å²) in [5, 5.41) is 18.9. The van der Waals surface area contributed by atoms with E-state index in [1.165, 1.54) is 0 Å². The number of aryl methyl sites for hydroxylation is 1. The lowest BCUT2D eigenvalue weighted by atomic mass is 10.1. The quantitative estimate of drug-likeness (QED) is 0.835. The summed E-state index contributed by atoms with van der Waals surface area (Å²) < 4.78 is 10.7. The lowest BCUT2D eigenvalue weighted by Gasteiger charge is -2.22. The lowest BCUT2D eigenvalue weighted by Crippen LogP contribution is -2.38. The van der Waals surface area contributed by atoms with Crippen LogP contribution in [0, 0.1) is 0 Å². The van der Waals surface area contributed by atoms with Gasteiger partial charge in [-0.3, -0.25) is 4.79 Å². The number of amides is 1. The molecule has 1 aromatic carbocycles. The average molecular weight is 293 g/mol. The van der Waals surface area contributed by atoms with Gasteiger partial charge in [0.1, 0.15) is 0 Å². The Kier molecular flexibility index (Phi) is 3.98. The van der Waals surface area contributed by atoms with E-state index in [-0.39, 0.29) is 25.3 Å². The van der Waals surface area contributed by atoms with Crippen LogP contribution in [0.15, 0.2) is 18.2 Å². The van der Waals surface area contributed by atoms with Crippen molar-refractivity contribution in [3.05, 3.63) is 23.8 Å². The summed E-state index contributed by atoms with van der Waals surface area (Å²) in [6, 6.07) is 5.37. The first-order valence-corrected chi connectivity index (χ1v) is 7.15. The van der Waals surface area contributed by atoms with E-state index in [2.05, 4.69) is 0 Å². The molecular formula is C15H19NO5. The Morgan fingerprint density at radius 3 is 3.05 bits per heavy atom. The van der Waals surface area contributed by atoms with Crippen molar-refractivity contribution < 1.29 is 24.5 Å². The first kappa shape index (κ1) is 14.2. The molecule has 1 aromatic rings. The number of likely N-dealkylation sites (tertiary alicyclic amines) is 1. The van der Waals surface area contributed by atoms with Crippen LogP contribution in [0.3, 0.4) is 0 Å². The number of hydrogen-bond acceptors (Lipinski definition) is 5. The molecule has 3 rings (SSSR count). The minimum absolute atomic E-state index is 0.0536. The third kappa shape index (κ3) is 2.82. The summed E-state index contributed by atoms with van der Waals surface area (Å²) >= 11 is 0. The van der Waals surface area contributed by atoms with Crippen molar-refractivity contribution in [2.45, 2.75) is 31.4 Å². The fraction of sp³-hybridized carbons (Fsp3) is 0.533. The van der Waals surface area contributed by atoms with Gasteiger partial charge < -0.3 is 24.6 Å². The first-order chi connectivity index (χ1) is 10.2. The number of ether oxygens (including phenoxy) is 2. The number of hydrogen-bond donors (Lipinski definition) is 2. The van der Waals surface area contributed by atoms with Crippen LogP contribution in [0.4, 0.5) is 0 Å². The minimum Gasteiger partial charge on any atom is -0.454 e. The fourth-order valence-corrected chi connectivity index (χ4v) is 2.94. The van der Waals surface area contributed by atoms with Gasteiger partial charge in [0.15, 0.2) is 11.5 Å². The van der Waals surface area contributed by atoms with Gasteiger partial charge in [-0.05, 0) is 24.5 Å². The number of rotatable bonds is 4. The second-order valence-electron chi connectivity index (χ2n) is 5.42. The molecule has 0 saturated carbocycles. The Bertz CT molecular complexity index is 533. The highest BCUT2D eigenvalue weighted by Crippen LogP contribution is 2.36. The number of carbonyl (C=O) groups excluding carboxylic acids is 1. The van der Waals surface area contributed by atoms with Gasteiger partial charge in [0.25, 0.3) is 0 Å². The number of benzene rings is 1. The summed E-state index contributed by atoms with van der Waals surface area (Å²) in [7, 11) is 0. The summed E-state index contributed by atoms with van der Waals surface area (Å²) in [4.78, 5) is 13.8. The zero-order chi connectivity index (χ0) is 14.8. The highest BCUT2D eigenvalue weighted by molar-refractivity contribution is 5.77. The molecule has 21 heavy (non-hydrogen) atoms. The van der Waals surface area contributed by atoms with Gasteiger partial charge in [0.2, 0.25) is 12.7 Å². The number of aliphatic hydroxyl groups excluding tert-OH is 2. The maximum atomic E-state index is 12.3. The number of fused-ring (bicyclic) bond motifs is 1. The van der Waals surface area contributed by atoms with Gasteiger partial charge in [-0.1, -0.05) is 12.1 Å². The van der Waals surface area contributed by atoms with Crippen LogP contribution >= 0.6 is 0 Å². The first-order valence-electron chi connectivity index (χ1n) is 7.15. The van der Waals surface area contributed by atoms with Gasteiger partial charge in [-0.2, -0.15) is 0 Å². The third-order valence-electron chi connectivity index (χ3n) is 4.01. The SMILES string of the molecule is O=C(CCc1cccc2c1OCO2)N1C[C@@H](O)C[C@H]1CO.